The molecule has 9 aliphatic rings. The Labute approximate surface area is 496 Å². The molecule has 5 saturated heterocycles. The third kappa shape index (κ3) is 13.4. The molecule has 5 aliphatic heterocycles. The fourth-order valence-corrected chi connectivity index (χ4v) is 16.7. The highest BCUT2D eigenvalue weighted by Gasteiger charge is 2.64. The largest absolute Gasteiger partial charge is 0.397 e. The van der Waals surface area contributed by atoms with Crippen LogP contribution < -0.4 is 0 Å². The van der Waals surface area contributed by atoms with Gasteiger partial charge in [-0.25, -0.2) is 4.18 Å². The van der Waals surface area contributed by atoms with Gasteiger partial charge in [-0.15, -0.1) is 0 Å². The van der Waals surface area contributed by atoms with Gasteiger partial charge < -0.3 is 114 Å². The first-order chi connectivity index (χ1) is 39.6. The van der Waals surface area contributed by atoms with Gasteiger partial charge in [-0.1, -0.05) is 46.3 Å². The SMILES string of the molecule is CC(C)CC(O)C[C@@H](C)[C@H]1CCC2C3C[C@H](O[C@@H]4O[C@H](C)C(O)(O)[C@H](O[C@@H]5O[C@H](C)[C@@H](O[C@@H]6O[C@H](C)[C@H](O)[C@H](O)[C@H]6O[C@@H]6O[C@H](C)[C@H](O)[C@H](O)[C@H]6O)[C@H](O)[C@H]5O[C@@H]5O[C@H](C)[C@@H](O)[C@H](O)[C@H]5O)[C@H]4O)C4C[C@@H](OS(=O)(=O)O)CC[C@]4(C)C3=CC[C@@]21C. The van der Waals surface area contributed by atoms with Crippen LogP contribution in [0.3, 0.4) is 0 Å². The highest BCUT2D eigenvalue weighted by atomic mass is 32.3. The first-order valence-corrected chi connectivity index (χ1v) is 31.8. The van der Waals surface area contributed by atoms with E-state index in [9.17, 15) is 79.4 Å². The van der Waals surface area contributed by atoms with Gasteiger partial charge in [-0.2, -0.15) is 8.42 Å². The molecule has 27 nitrogen and oxygen atoms in total. The van der Waals surface area contributed by atoms with Crippen LogP contribution in [-0.4, -0.2) is 251 Å². The highest BCUT2D eigenvalue weighted by molar-refractivity contribution is 7.80. The summed E-state index contributed by atoms with van der Waals surface area (Å²) in [6.07, 6.45) is -35.8. The second kappa shape index (κ2) is 26.0. The van der Waals surface area contributed by atoms with Gasteiger partial charge in [0, 0.05) is 0 Å². The summed E-state index contributed by atoms with van der Waals surface area (Å²) in [6.45, 7) is 17.7. The molecule has 9 rings (SSSR count). The molecule has 5 heterocycles. The Balaban J connectivity index is 0.999. The Morgan fingerprint density at radius 3 is 1.67 bits per heavy atom. The molecule has 3 saturated carbocycles. The minimum atomic E-state index is -4.88. The summed E-state index contributed by atoms with van der Waals surface area (Å²) in [5.74, 6) is -2.61. The molecule has 0 spiro atoms. The average Bonchev–Trinajstić information content (AvgIpc) is 1.79. The number of fused-ring (bicyclic) bond motifs is 5. The normalized spacial score (nSPS) is 51.9. The molecule has 0 aromatic carbocycles. The molecule has 4 unspecified atom stereocenters. The maximum absolute atomic E-state index is 12.5. The van der Waals surface area contributed by atoms with Crippen molar-refractivity contribution in [2.24, 2.45) is 46.3 Å². The van der Waals surface area contributed by atoms with Gasteiger partial charge in [0.15, 0.2) is 31.5 Å². The maximum Gasteiger partial charge on any atom is 0.397 e. The van der Waals surface area contributed by atoms with Crippen LogP contribution in [-0.2, 0) is 62.0 Å². The summed E-state index contributed by atoms with van der Waals surface area (Å²) in [4.78, 5) is 0. The summed E-state index contributed by atoms with van der Waals surface area (Å²) < 4.78 is 101. The van der Waals surface area contributed by atoms with Crippen molar-refractivity contribution in [3.8, 4) is 0 Å². The van der Waals surface area contributed by atoms with Gasteiger partial charge in [-0.3, -0.25) is 4.55 Å². The fourth-order valence-electron chi connectivity index (χ4n) is 16.2. The summed E-state index contributed by atoms with van der Waals surface area (Å²) in [5.41, 5.74) is 0.451. The van der Waals surface area contributed by atoms with Gasteiger partial charge in [-0.05, 0) is 139 Å². The topological polar surface area (TPSA) is 419 Å². The van der Waals surface area contributed by atoms with E-state index >= 15 is 0 Å². The number of aliphatic hydroxyl groups is 13. The van der Waals surface area contributed by atoms with Crippen molar-refractivity contribution in [2.75, 3.05) is 0 Å². The van der Waals surface area contributed by atoms with E-state index in [1.165, 1.54) is 40.2 Å². The van der Waals surface area contributed by atoms with E-state index < -0.39 is 193 Å². The minimum Gasteiger partial charge on any atom is -0.393 e. The van der Waals surface area contributed by atoms with Crippen LogP contribution in [0.4, 0.5) is 0 Å². The Hall–Kier alpha value is -1.31. The Kier molecular flexibility index (Phi) is 20.8. The molecular formula is C57H96O27S. The van der Waals surface area contributed by atoms with Crippen LogP contribution in [0.1, 0.15) is 127 Å². The zero-order chi connectivity index (χ0) is 62.5. The van der Waals surface area contributed by atoms with Gasteiger partial charge >= 0.3 is 10.4 Å². The van der Waals surface area contributed by atoms with Crippen LogP contribution >= 0.6 is 0 Å². The van der Waals surface area contributed by atoms with Gasteiger partial charge in [0.25, 0.3) is 0 Å². The standard InChI is InChI=1S/C57H96O27S/c1-21(2)17-28(58)18-22(3)31-11-12-32-30-20-35(34-19-29(84-85(71,72)73)13-15-56(34,10)33(30)14-16-55(31,32)9)79-52-45(68)49(57(69,70)27(8)78-52)83-54-48(82-51-43(66)40(63)37(60)24(5)75-51)44(67)46(26(7)77-54)80-53-47(41(64)38(61)25(6)76-53)81-50-42(65)39(62)36(59)23(4)74-50/h14,21-32,34-54,58-70H,11-13,15-20H2,1-10H3,(H,71,72,73)/t22-,23-,24-,25-,26-,27-,28?,29+,30?,31-,32?,34?,35+,36+,37-,38+,39+,40+,41+,42-,43-,44+,45-,46-,47-,48-,49-,50+,51+,52+,53+,54+,55-,56-/m1/s1. The molecule has 4 aliphatic carbocycles. The molecule has 0 amide bonds. The summed E-state index contributed by atoms with van der Waals surface area (Å²) in [7, 11) is -4.88. The Morgan fingerprint density at radius 1 is 0.576 bits per heavy atom. The summed E-state index contributed by atoms with van der Waals surface area (Å²) in [5, 5.41) is 147. The van der Waals surface area contributed by atoms with E-state index in [-0.39, 0.29) is 36.0 Å². The Morgan fingerprint density at radius 2 is 1.09 bits per heavy atom. The van der Waals surface area contributed by atoms with Gasteiger partial charge in [0.2, 0.25) is 5.79 Å². The third-order valence-electron chi connectivity index (χ3n) is 20.9. The van der Waals surface area contributed by atoms with Crippen LogP contribution in [0, 0.1) is 46.3 Å². The predicted molar refractivity (Wildman–Crippen MR) is 290 cm³/mol. The van der Waals surface area contributed by atoms with Crippen LogP contribution in [0.5, 0.6) is 0 Å². The monoisotopic (exact) mass is 1240 g/mol. The zero-order valence-corrected chi connectivity index (χ0v) is 50.8. The number of rotatable bonds is 17. The number of allylic oxidation sites excluding steroid dienone is 2. The molecule has 34 atom stereocenters. The van der Waals surface area contributed by atoms with Crippen molar-refractivity contribution < 1.29 is 131 Å². The van der Waals surface area contributed by atoms with Crippen molar-refractivity contribution in [3.63, 3.8) is 0 Å². The van der Waals surface area contributed by atoms with Crippen molar-refractivity contribution >= 4 is 10.4 Å². The second-order valence-electron chi connectivity index (χ2n) is 27.1. The lowest BCUT2D eigenvalue weighted by molar-refractivity contribution is -0.432. The summed E-state index contributed by atoms with van der Waals surface area (Å²) in [6, 6.07) is 0. The van der Waals surface area contributed by atoms with Crippen LogP contribution in [0.15, 0.2) is 11.6 Å². The van der Waals surface area contributed by atoms with Crippen molar-refractivity contribution in [1.82, 2.24) is 0 Å². The van der Waals surface area contributed by atoms with E-state index in [4.69, 9.17) is 51.6 Å². The average molecular weight is 1250 g/mol. The lowest BCUT2D eigenvalue weighted by Crippen LogP contribution is -2.70. The highest BCUT2D eigenvalue weighted by Crippen LogP contribution is 2.67. The van der Waals surface area contributed by atoms with Crippen molar-refractivity contribution in [3.05, 3.63) is 11.6 Å². The lowest BCUT2D eigenvalue weighted by Gasteiger charge is -2.60. The molecule has 0 bridgehead atoms. The van der Waals surface area contributed by atoms with E-state index in [1.807, 2.05) is 0 Å². The van der Waals surface area contributed by atoms with Crippen molar-refractivity contribution in [1.29, 1.82) is 0 Å². The zero-order valence-electron chi connectivity index (χ0n) is 50.0. The molecule has 0 radical (unpaired) electrons. The molecule has 14 N–H and O–H groups in total. The van der Waals surface area contributed by atoms with E-state index in [0.717, 1.165) is 19.3 Å². The molecular weight excluding hydrogens is 1150 g/mol. The molecule has 0 aromatic rings. The molecule has 0 aromatic heterocycles. The fraction of sp³-hybridized carbons (Fsp3) is 0.965. The van der Waals surface area contributed by atoms with Crippen LogP contribution in [0.25, 0.3) is 0 Å². The smallest absolute Gasteiger partial charge is 0.393 e. The van der Waals surface area contributed by atoms with E-state index in [0.29, 0.717) is 37.5 Å². The molecule has 8 fully saturated rings. The third-order valence-corrected chi connectivity index (χ3v) is 21.5. The Bertz CT molecular complexity index is 2390. The number of hydrogen-bond acceptors (Lipinski definition) is 26. The number of aliphatic hydroxyl groups excluding tert-OH is 11. The van der Waals surface area contributed by atoms with E-state index in [2.05, 4.69) is 40.7 Å². The quantitative estimate of drug-likeness (QED) is 0.0459. The summed E-state index contributed by atoms with van der Waals surface area (Å²) >= 11 is 0. The number of ether oxygens (including phenoxy) is 10. The second-order valence-corrected chi connectivity index (χ2v) is 28.2. The molecule has 492 valence electrons. The van der Waals surface area contributed by atoms with Gasteiger partial charge in [0.1, 0.15) is 91.6 Å². The van der Waals surface area contributed by atoms with Gasteiger partial charge in [0.05, 0.1) is 42.7 Å². The van der Waals surface area contributed by atoms with Crippen LogP contribution in [0.2, 0.25) is 0 Å². The predicted octanol–water partition coefficient (Wildman–Crippen LogP) is -1.26. The first-order valence-electron chi connectivity index (χ1n) is 30.4. The lowest BCUT2D eigenvalue weighted by atomic mass is 9.47. The first kappa shape index (κ1) is 68.1. The number of hydrogen-bond donors (Lipinski definition) is 14. The van der Waals surface area contributed by atoms with Crippen molar-refractivity contribution in [2.45, 2.75) is 299 Å². The molecule has 28 heteroatoms. The maximum atomic E-state index is 12.5. The van der Waals surface area contributed by atoms with E-state index in [1.54, 1.807) is 0 Å². The minimum absolute atomic E-state index is 0.0524. The molecule has 85 heavy (non-hydrogen) atoms.